The number of hydrogen-bond donors (Lipinski definition) is 2. The van der Waals surface area contributed by atoms with Gasteiger partial charge in [0.15, 0.2) is 0 Å². The average molecular weight is 276 g/mol. The normalized spacial score (nSPS) is 20.8. The standard InChI is InChI=1S/C17H28N2O/c1-3-18-17(15-7-5-4-6-8-15)14(2)13-19-11-9-16(20)10-12-19/h4-8,14,16-18,20H,3,9-13H2,1-2H3. The second-order valence-corrected chi connectivity index (χ2v) is 5.96. The molecule has 3 heteroatoms. The molecule has 1 heterocycles. The lowest BCUT2D eigenvalue weighted by Crippen LogP contribution is -2.41. The minimum absolute atomic E-state index is 0.0831. The van der Waals surface area contributed by atoms with Crippen molar-refractivity contribution >= 4 is 0 Å². The van der Waals surface area contributed by atoms with Gasteiger partial charge in [0.25, 0.3) is 0 Å². The maximum Gasteiger partial charge on any atom is 0.0564 e. The zero-order valence-corrected chi connectivity index (χ0v) is 12.8. The molecule has 0 radical (unpaired) electrons. The van der Waals surface area contributed by atoms with Crippen LogP contribution in [0.15, 0.2) is 30.3 Å². The first-order valence-corrected chi connectivity index (χ1v) is 7.89. The Morgan fingerprint density at radius 1 is 1.25 bits per heavy atom. The van der Waals surface area contributed by atoms with Gasteiger partial charge in [-0.1, -0.05) is 44.2 Å². The third-order valence-corrected chi connectivity index (χ3v) is 4.26. The first-order valence-electron chi connectivity index (χ1n) is 7.89. The van der Waals surface area contributed by atoms with Gasteiger partial charge in [-0.25, -0.2) is 0 Å². The molecule has 2 rings (SSSR count). The van der Waals surface area contributed by atoms with E-state index in [0.717, 1.165) is 39.0 Å². The molecule has 0 aromatic heterocycles. The van der Waals surface area contributed by atoms with Crippen molar-refractivity contribution in [2.24, 2.45) is 5.92 Å². The molecule has 0 aliphatic carbocycles. The Morgan fingerprint density at radius 2 is 1.90 bits per heavy atom. The molecule has 1 fully saturated rings. The van der Waals surface area contributed by atoms with Gasteiger partial charge in [-0.15, -0.1) is 0 Å². The molecule has 1 aromatic rings. The maximum absolute atomic E-state index is 9.59. The fourth-order valence-electron chi connectivity index (χ4n) is 3.14. The van der Waals surface area contributed by atoms with Gasteiger partial charge in [-0.3, -0.25) is 0 Å². The molecule has 1 aromatic carbocycles. The van der Waals surface area contributed by atoms with Gasteiger partial charge in [-0.2, -0.15) is 0 Å². The number of benzene rings is 1. The van der Waals surface area contributed by atoms with Gasteiger partial charge >= 0.3 is 0 Å². The monoisotopic (exact) mass is 276 g/mol. The van der Waals surface area contributed by atoms with E-state index in [1.54, 1.807) is 0 Å². The molecule has 1 saturated heterocycles. The van der Waals surface area contributed by atoms with Crippen molar-refractivity contribution in [3.63, 3.8) is 0 Å². The van der Waals surface area contributed by atoms with Crippen LogP contribution < -0.4 is 5.32 Å². The van der Waals surface area contributed by atoms with Crippen molar-refractivity contribution in [1.29, 1.82) is 0 Å². The topological polar surface area (TPSA) is 35.5 Å². The molecular formula is C17H28N2O. The second-order valence-electron chi connectivity index (χ2n) is 5.96. The number of nitrogens with one attached hydrogen (secondary N) is 1. The summed E-state index contributed by atoms with van der Waals surface area (Å²) in [7, 11) is 0. The lowest BCUT2D eigenvalue weighted by atomic mass is 9.93. The summed E-state index contributed by atoms with van der Waals surface area (Å²) in [5.41, 5.74) is 1.37. The van der Waals surface area contributed by atoms with Crippen LogP contribution in [0.5, 0.6) is 0 Å². The molecular weight excluding hydrogens is 248 g/mol. The van der Waals surface area contributed by atoms with Crippen LogP contribution in [-0.4, -0.2) is 42.3 Å². The van der Waals surface area contributed by atoms with E-state index >= 15 is 0 Å². The second kappa shape index (κ2) is 7.77. The highest BCUT2D eigenvalue weighted by Crippen LogP contribution is 2.23. The number of likely N-dealkylation sites (tertiary alicyclic amines) is 1. The summed E-state index contributed by atoms with van der Waals surface area (Å²) in [4.78, 5) is 2.49. The van der Waals surface area contributed by atoms with Crippen molar-refractivity contribution < 1.29 is 5.11 Å². The Hall–Kier alpha value is -0.900. The molecule has 112 valence electrons. The summed E-state index contributed by atoms with van der Waals surface area (Å²) >= 11 is 0. The summed E-state index contributed by atoms with van der Waals surface area (Å²) in [5, 5.41) is 13.2. The lowest BCUT2D eigenvalue weighted by Gasteiger charge is -2.34. The summed E-state index contributed by atoms with van der Waals surface area (Å²) in [6.07, 6.45) is 1.76. The van der Waals surface area contributed by atoms with E-state index < -0.39 is 0 Å². The van der Waals surface area contributed by atoms with Crippen LogP contribution in [-0.2, 0) is 0 Å². The van der Waals surface area contributed by atoms with Gasteiger partial charge in [-0.05, 0) is 30.9 Å². The van der Waals surface area contributed by atoms with Crippen molar-refractivity contribution in [3.05, 3.63) is 35.9 Å². The van der Waals surface area contributed by atoms with E-state index in [0.29, 0.717) is 12.0 Å². The summed E-state index contributed by atoms with van der Waals surface area (Å²) in [6, 6.07) is 11.1. The van der Waals surface area contributed by atoms with Crippen LogP contribution in [0.25, 0.3) is 0 Å². The van der Waals surface area contributed by atoms with Gasteiger partial charge in [0.1, 0.15) is 0 Å². The minimum atomic E-state index is -0.0831. The van der Waals surface area contributed by atoms with Crippen LogP contribution in [0.4, 0.5) is 0 Å². The Morgan fingerprint density at radius 3 is 2.50 bits per heavy atom. The third kappa shape index (κ3) is 4.30. The van der Waals surface area contributed by atoms with Crippen molar-refractivity contribution in [3.8, 4) is 0 Å². The Labute approximate surface area is 123 Å². The van der Waals surface area contributed by atoms with Crippen LogP contribution >= 0.6 is 0 Å². The molecule has 20 heavy (non-hydrogen) atoms. The molecule has 2 atom stereocenters. The number of rotatable bonds is 6. The molecule has 3 nitrogen and oxygen atoms in total. The summed E-state index contributed by atoms with van der Waals surface area (Å²) < 4.78 is 0. The van der Waals surface area contributed by atoms with E-state index in [1.165, 1.54) is 5.56 Å². The van der Waals surface area contributed by atoms with Crippen LogP contribution in [0.2, 0.25) is 0 Å². The highest BCUT2D eigenvalue weighted by atomic mass is 16.3. The Kier molecular flexibility index (Phi) is 6.02. The number of piperidine rings is 1. The van der Waals surface area contributed by atoms with E-state index in [9.17, 15) is 5.11 Å². The molecule has 2 unspecified atom stereocenters. The molecule has 0 saturated carbocycles. The van der Waals surface area contributed by atoms with Crippen LogP contribution in [0.3, 0.4) is 0 Å². The Balaban J connectivity index is 1.95. The Bertz CT molecular complexity index is 374. The van der Waals surface area contributed by atoms with Crippen molar-refractivity contribution in [2.75, 3.05) is 26.2 Å². The van der Waals surface area contributed by atoms with E-state index in [4.69, 9.17) is 0 Å². The SMILES string of the molecule is CCNC(c1ccccc1)C(C)CN1CCC(O)CC1. The lowest BCUT2D eigenvalue weighted by molar-refractivity contribution is 0.0726. The summed E-state index contributed by atoms with van der Waals surface area (Å²) in [5.74, 6) is 0.563. The third-order valence-electron chi connectivity index (χ3n) is 4.26. The minimum Gasteiger partial charge on any atom is -0.393 e. The first kappa shape index (κ1) is 15.5. The van der Waals surface area contributed by atoms with Crippen molar-refractivity contribution in [2.45, 2.75) is 38.8 Å². The predicted octanol–water partition coefficient (Wildman–Crippen LogP) is 2.43. The van der Waals surface area contributed by atoms with Crippen LogP contribution in [0.1, 0.15) is 38.3 Å². The van der Waals surface area contributed by atoms with Gasteiger partial charge < -0.3 is 15.3 Å². The van der Waals surface area contributed by atoms with E-state index in [-0.39, 0.29) is 6.10 Å². The fourth-order valence-corrected chi connectivity index (χ4v) is 3.14. The number of aliphatic hydroxyl groups is 1. The van der Waals surface area contributed by atoms with E-state index in [2.05, 4.69) is 54.4 Å². The maximum atomic E-state index is 9.59. The highest BCUT2D eigenvalue weighted by molar-refractivity contribution is 5.19. The number of hydrogen-bond acceptors (Lipinski definition) is 3. The fraction of sp³-hybridized carbons (Fsp3) is 0.647. The molecule has 2 N–H and O–H groups in total. The quantitative estimate of drug-likeness (QED) is 0.837. The smallest absolute Gasteiger partial charge is 0.0564 e. The predicted molar refractivity (Wildman–Crippen MR) is 83.7 cm³/mol. The van der Waals surface area contributed by atoms with E-state index in [1.807, 2.05) is 0 Å². The molecule has 0 bridgehead atoms. The zero-order chi connectivity index (χ0) is 14.4. The average Bonchev–Trinajstić information content (AvgIpc) is 2.48. The first-order chi connectivity index (χ1) is 9.70. The van der Waals surface area contributed by atoms with Crippen LogP contribution in [0, 0.1) is 5.92 Å². The molecule has 0 amide bonds. The van der Waals surface area contributed by atoms with Gasteiger partial charge in [0.05, 0.1) is 6.10 Å². The van der Waals surface area contributed by atoms with Crippen molar-refractivity contribution in [1.82, 2.24) is 10.2 Å². The molecule has 1 aliphatic heterocycles. The number of nitrogens with zero attached hydrogens (tertiary/aromatic N) is 1. The zero-order valence-electron chi connectivity index (χ0n) is 12.8. The highest BCUT2D eigenvalue weighted by Gasteiger charge is 2.23. The van der Waals surface area contributed by atoms with Gasteiger partial charge in [0, 0.05) is 25.7 Å². The largest absolute Gasteiger partial charge is 0.393 e. The number of aliphatic hydroxyl groups excluding tert-OH is 1. The van der Waals surface area contributed by atoms with Gasteiger partial charge in [0.2, 0.25) is 0 Å². The molecule has 1 aliphatic rings. The molecule has 0 spiro atoms. The summed E-state index contributed by atoms with van der Waals surface area (Å²) in [6.45, 7) is 8.63.